The summed E-state index contributed by atoms with van der Waals surface area (Å²) in [7, 11) is 0. The maximum atomic E-state index is 10.9. The molecule has 0 unspecified atom stereocenters. The van der Waals surface area contributed by atoms with E-state index in [2.05, 4.69) is 18.6 Å². The van der Waals surface area contributed by atoms with Gasteiger partial charge < -0.3 is 4.74 Å². The van der Waals surface area contributed by atoms with Crippen LogP contribution in [0.5, 0.6) is 0 Å². The van der Waals surface area contributed by atoms with Crippen molar-refractivity contribution in [3.63, 3.8) is 0 Å². The maximum absolute atomic E-state index is 10.9. The number of carbonyl (C=O) groups is 2. The number of rotatable bonds is 5. The number of hydrogen-bond acceptors (Lipinski definition) is 3. The molecule has 0 amide bonds. The average molecular weight is 214 g/mol. The Morgan fingerprint density at radius 3 is 2.00 bits per heavy atom. The highest BCUT2D eigenvalue weighted by molar-refractivity contribution is 5.95. The molecule has 3 nitrogen and oxygen atoms in total. The van der Waals surface area contributed by atoms with Crippen molar-refractivity contribution in [2.45, 2.75) is 47.0 Å². The molecule has 0 aromatic heterocycles. The number of carbonyl (C=O) groups excluding carboxylic acids is 2. The SMILES string of the molecule is CCC.CCCC(=O)/C=C/C(=O)OCC. The van der Waals surface area contributed by atoms with Gasteiger partial charge in [-0.05, 0) is 19.4 Å². The lowest BCUT2D eigenvalue weighted by Gasteiger charge is -1.93. The van der Waals surface area contributed by atoms with Gasteiger partial charge in [0.05, 0.1) is 6.61 Å². The number of allylic oxidation sites excluding steroid dienone is 1. The molecule has 0 aliphatic rings. The Hall–Kier alpha value is -1.12. The molecule has 0 aliphatic heterocycles. The van der Waals surface area contributed by atoms with Gasteiger partial charge in [-0.1, -0.05) is 27.2 Å². The van der Waals surface area contributed by atoms with E-state index < -0.39 is 5.97 Å². The molecule has 0 saturated heterocycles. The van der Waals surface area contributed by atoms with Crippen molar-refractivity contribution in [3.05, 3.63) is 12.2 Å². The first kappa shape index (κ1) is 16.3. The fourth-order valence-electron chi connectivity index (χ4n) is 0.681. The van der Waals surface area contributed by atoms with Gasteiger partial charge in [0.1, 0.15) is 0 Å². The molecule has 0 N–H and O–H groups in total. The second-order valence-electron chi connectivity index (χ2n) is 3.01. The fourth-order valence-corrected chi connectivity index (χ4v) is 0.681. The minimum atomic E-state index is -0.457. The smallest absolute Gasteiger partial charge is 0.330 e. The van der Waals surface area contributed by atoms with Crippen LogP contribution in [-0.4, -0.2) is 18.4 Å². The van der Waals surface area contributed by atoms with Crippen LogP contribution < -0.4 is 0 Å². The van der Waals surface area contributed by atoms with Gasteiger partial charge in [0.25, 0.3) is 0 Å². The summed E-state index contributed by atoms with van der Waals surface area (Å²) >= 11 is 0. The van der Waals surface area contributed by atoms with E-state index in [9.17, 15) is 9.59 Å². The van der Waals surface area contributed by atoms with Crippen LogP contribution >= 0.6 is 0 Å². The van der Waals surface area contributed by atoms with E-state index in [0.717, 1.165) is 6.42 Å². The Morgan fingerprint density at radius 1 is 1.07 bits per heavy atom. The van der Waals surface area contributed by atoms with E-state index in [-0.39, 0.29) is 5.78 Å². The highest BCUT2D eigenvalue weighted by atomic mass is 16.5. The van der Waals surface area contributed by atoms with Crippen molar-refractivity contribution in [2.75, 3.05) is 6.61 Å². The van der Waals surface area contributed by atoms with Gasteiger partial charge >= 0.3 is 5.97 Å². The third-order valence-electron chi connectivity index (χ3n) is 1.19. The van der Waals surface area contributed by atoms with Crippen LogP contribution in [0.2, 0.25) is 0 Å². The van der Waals surface area contributed by atoms with E-state index in [1.807, 2.05) is 6.92 Å². The standard InChI is InChI=1S/C9H14O3.C3H8/c1-3-5-8(10)6-7-9(11)12-4-2;1-3-2/h6-7H,3-5H2,1-2H3;3H2,1-2H3/b7-6+;. The van der Waals surface area contributed by atoms with Gasteiger partial charge in [-0.25, -0.2) is 4.79 Å². The molecule has 0 atom stereocenters. The largest absolute Gasteiger partial charge is 0.463 e. The van der Waals surface area contributed by atoms with Crippen molar-refractivity contribution < 1.29 is 14.3 Å². The molecule has 88 valence electrons. The van der Waals surface area contributed by atoms with Gasteiger partial charge in [-0.3, -0.25) is 4.79 Å². The Balaban J connectivity index is 0. The van der Waals surface area contributed by atoms with Crippen molar-refractivity contribution in [3.8, 4) is 0 Å². The number of ketones is 1. The molecule has 0 aromatic carbocycles. The lowest BCUT2D eigenvalue weighted by atomic mass is 10.2. The van der Waals surface area contributed by atoms with Crippen molar-refractivity contribution in [2.24, 2.45) is 0 Å². The maximum Gasteiger partial charge on any atom is 0.330 e. The summed E-state index contributed by atoms with van der Waals surface area (Å²) in [4.78, 5) is 21.5. The molecule has 0 rings (SSSR count). The van der Waals surface area contributed by atoms with Crippen LogP contribution in [0.1, 0.15) is 47.0 Å². The van der Waals surface area contributed by atoms with Crippen LogP contribution in [0.3, 0.4) is 0 Å². The van der Waals surface area contributed by atoms with Crippen molar-refractivity contribution in [1.82, 2.24) is 0 Å². The first-order chi connectivity index (χ1) is 7.12. The van der Waals surface area contributed by atoms with E-state index in [4.69, 9.17) is 0 Å². The summed E-state index contributed by atoms with van der Waals surface area (Å²) in [6.45, 7) is 8.22. The molecular formula is C12H22O3. The number of esters is 1. The van der Waals surface area contributed by atoms with E-state index in [1.165, 1.54) is 18.6 Å². The average Bonchev–Trinajstić information content (AvgIpc) is 2.17. The summed E-state index contributed by atoms with van der Waals surface area (Å²) in [6, 6.07) is 0. The molecule has 0 aromatic rings. The van der Waals surface area contributed by atoms with E-state index in [1.54, 1.807) is 6.92 Å². The Morgan fingerprint density at radius 2 is 1.60 bits per heavy atom. The van der Waals surface area contributed by atoms with E-state index >= 15 is 0 Å². The summed E-state index contributed by atoms with van der Waals surface area (Å²) < 4.78 is 4.59. The third-order valence-corrected chi connectivity index (χ3v) is 1.19. The zero-order valence-corrected chi connectivity index (χ0v) is 10.2. The Bertz CT molecular complexity index is 175. The predicted octanol–water partition coefficient (Wildman–Crippen LogP) is 2.89. The van der Waals surface area contributed by atoms with Gasteiger partial charge in [0, 0.05) is 12.5 Å². The summed E-state index contributed by atoms with van der Waals surface area (Å²) in [5.74, 6) is -0.493. The minimum Gasteiger partial charge on any atom is -0.463 e. The summed E-state index contributed by atoms with van der Waals surface area (Å²) in [5.41, 5.74) is 0. The molecule has 15 heavy (non-hydrogen) atoms. The second-order valence-corrected chi connectivity index (χ2v) is 3.01. The Labute approximate surface area is 92.5 Å². The molecule has 0 radical (unpaired) electrons. The fraction of sp³-hybridized carbons (Fsp3) is 0.667. The third kappa shape index (κ3) is 15.6. The zero-order valence-electron chi connectivity index (χ0n) is 10.2. The van der Waals surface area contributed by atoms with Crippen LogP contribution in [-0.2, 0) is 14.3 Å². The highest BCUT2D eigenvalue weighted by Gasteiger charge is 1.96. The monoisotopic (exact) mass is 214 g/mol. The molecule has 0 heterocycles. The normalized spacial score (nSPS) is 9.33. The van der Waals surface area contributed by atoms with Crippen LogP contribution in [0.4, 0.5) is 0 Å². The number of hydrogen-bond donors (Lipinski definition) is 0. The molecule has 0 saturated carbocycles. The lowest BCUT2D eigenvalue weighted by molar-refractivity contribution is -0.137. The van der Waals surface area contributed by atoms with Crippen LogP contribution in [0.25, 0.3) is 0 Å². The van der Waals surface area contributed by atoms with Crippen molar-refractivity contribution in [1.29, 1.82) is 0 Å². The summed E-state index contributed by atoms with van der Waals surface area (Å²) in [6.07, 6.45) is 4.96. The Kier molecular flexibility index (Phi) is 14.0. The second kappa shape index (κ2) is 12.9. The quantitative estimate of drug-likeness (QED) is 0.522. The lowest BCUT2D eigenvalue weighted by Crippen LogP contribution is -2.00. The van der Waals surface area contributed by atoms with Crippen molar-refractivity contribution >= 4 is 11.8 Å². The van der Waals surface area contributed by atoms with Gasteiger partial charge in [-0.15, -0.1) is 0 Å². The first-order valence-electron chi connectivity index (χ1n) is 5.49. The molecule has 3 heteroatoms. The van der Waals surface area contributed by atoms with Gasteiger partial charge in [-0.2, -0.15) is 0 Å². The molecule has 0 bridgehead atoms. The first-order valence-corrected chi connectivity index (χ1v) is 5.49. The molecular weight excluding hydrogens is 192 g/mol. The predicted molar refractivity (Wildman–Crippen MR) is 61.7 cm³/mol. The number of ether oxygens (including phenoxy) is 1. The summed E-state index contributed by atoms with van der Waals surface area (Å²) in [5, 5.41) is 0. The van der Waals surface area contributed by atoms with Gasteiger partial charge in [0.2, 0.25) is 0 Å². The van der Waals surface area contributed by atoms with Crippen LogP contribution in [0, 0.1) is 0 Å². The minimum absolute atomic E-state index is 0.0365. The topological polar surface area (TPSA) is 43.4 Å². The molecule has 0 fully saturated rings. The molecule has 0 spiro atoms. The highest BCUT2D eigenvalue weighted by Crippen LogP contribution is 1.91. The van der Waals surface area contributed by atoms with Gasteiger partial charge in [0.15, 0.2) is 5.78 Å². The molecule has 0 aliphatic carbocycles. The van der Waals surface area contributed by atoms with E-state index in [0.29, 0.717) is 13.0 Å². The van der Waals surface area contributed by atoms with Crippen LogP contribution in [0.15, 0.2) is 12.2 Å². The zero-order chi connectivity index (χ0) is 12.1.